The Hall–Kier alpha value is -1.32. The van der Waals surface area contributed by atoms with Gasteiger partial charge < -0.3 is 9.64 Å². The molecule has 0 aromatic rings. The number of carbonyl (C=O) groups excluding carboxylic acids is 2. The van der Waals surface area contributed by atoms with Crippen molar-refractivity contribution in [2.45, 2.75) is 32.8 Å². The highest BCUT2D eigenvalue weighted by Gasteiger charge is 2.25. The van der Waals surface area contributed by atoms with E-state index in [0.717, 1.165) is 12.8 Å². The zero-order valence-corrected chi connectivity index (χ0v) is 9.94. The van der Waals surface area contributed by atoms with E-state index in [-0.39, 0.29) is 23.9 Å². The summed E-state index contributed by atoms with van der Waals surface area (Å²) in [5.41, 5.74) is 0. The molecule has 4 nitrogen and oxygen atoms in total. The van der Waals surface area contributed by atoms with Crippen molar-refractivity contribution in [3.63, 3.8) is 0 Å². The third-order valence-corrected chi connectivity index (χ3v) is 2.70. The van der Waals surface area contributed by atoms with Crippen molar-refractivity contribution in [2.24, 2.45) is 5.92 Å². The van der Waals surface area contributed by atoms with Crippen LogP contribution in [0, 0.1) is 5.92 Å². The van der Waals surface area contributed by atoms with E-state index in [1.807, 2.05) is 18.7 Å². The average Bonchev–Trinajstić information content (AvgIpc) is 2.28. The van der Waals surface area contributed by atoms with Gasteiger partial charge >= 0.3 is 5.97 Å². The highest BCUT2D eigenvalue weighted by molar-refractivity contribution is 5.81. The molecule has 1 aliphatic rings. The van der Waals surface area contributed by atoms with Gasteiger partial charge in [0, 0.05) is 37.9 Å². The molecule has 1 aliphatic heterocycles. The van der Waals surface area contributed by atoms with Crippen LogP contribution in [0.15, 0.2) is 12.7 Å². The number of amides is 1. The summed E-state index contributed by atoms with van der Waals surface area (Å²) in [5.74, 6) is -0.172. The SMILES string of the molecule is C=CC(=O)OC1CCN(C(=O)C(C)C)CC1. The topological polar surface area (TPSA) is 46.6 Å². The maximum atomic E-state index is 11.7. The minimum absolute atomic E-state index is 0.0345. The molecular weight excluding hydrogens is 206 g/mol. The van der Waals surface area contributed by atoms with E-state index in [9.17, 15) is 9.59 Å². The van der Waals surface area contributed by atoms with Crippen molar-refractivity contribution in [3.8, 4) is 0 Å². The predicted octanol–water partition coefficient (Wildman–Crippen LogP) is 1.36. The van der Waals surface area contributed by atoms with Crippen LogP contribution in [0.5, 0.6) is 0 Å². The number of piperidine rings is 1. The zero-order valence-electron chi connectivity index (χ0n) is 9.94. The molecule has 16 heavy (non-hydrogen) atoms. The standard InChI is InChI=1S/C12H19NO3/c1-4-11(14)16-10-5-7-13(8-6-10)12(15)9(2)3/h4,9-10H,1,5-8H2,2-3H3. The Labute approximate surface area is 96.3 Å². The Bertz CT molecular complexity index is 278. The minimum atomic E-state index is -0.381. The molecule has 0 unspecified atom stereocenters. The van der Waals surface area contributed by atoms with Gasteiger partial charge in [0.25, 0.3) is 0 Å². The normalized spacial score (nSPS) is 17.3. The van der Waals surface area contributed by atoms with Crippen molar-refractivity contribution in [1.29, 1.82) is 0 Å². The van der Waals surface area contributed by atoms with Crippen LogP contribution in [-0.4, -0.2) is 36.0 Å². The van der Waals surface area contributed by atoms with Crippen LogP contribution in [0.3, 0.4) is 0 Å². The van der Waals surface area contributed by atoms with Crippen molar-refractivity contribution in [3.05, 3.63) is 12.7 Å². The predicted molar refractivity (Wildman–Crippen MR) is 60.7 cm³/mol. The van der Waals surface area contributed by atoms with Gasteiger partial charge in [-0.1, -0.05) is 20.4 Å². The average molecular weight is 225 g/mol. The summed E-state index contributed by atoms with van der Waals surface area (Å²) in [5, 5.41) is 0. The summed E-state index contributed by atoms with van der Waals surface area (Å²) in [7, 11) is 0. The highest BCUT2D eigenvalue weighted by Crippen LogP contribution is 2.16. The second kappa shape index (κ2) is 5.68. The number of nitrogens with zero attached hydrogens (tertiary/aromatic N) is 1. The van der Waals surface area contributed by atoms with Crippen LogP contribution in [0.1, 0.15) is 26.7 Å². The third-order valence-electron chi connectivity index (χ3n) is 2.70. The van der Waals surface area contributed by atoms with Gasteiger partial charge in [-0.25, -0.2) is 4.79 Å². The molecule has 0 spiro atoms. The fourth-order valence-electron chi connectivity index (χ4n) is 1.77. The maximum absolute atomic E-state index is 11.7. The molecule has 1 saturated heterocycles. The Morgan fingerprint density at radius 3 is 2.38 bits per heavy atom. The van der Waals surface area contributed by atoms with Gasteiger partial charge in [0.15, 0.2) is 0 Å². The van der Waals surface area contributed by atoms with E-state index in [1.54, 1.807) is 0 Å². The van der Waals surface area contributed by atoms with Crippen LogP contribution < -0.4 is 0 Å². The van der Waals surface area contributed by atoms with Gasteiger partial charge in [-0.3, -0.25) is 4.79 Å². The van der Waals surface area contributed by atoms with E-state index in [0.29, 0.717) is 13.1 Å². The number of carbonyl (C=O) groups is 2. The zero-order chi connectivity index (χ0) is 12.1. The van der Waals surface area contributed by atoms with Gasteiger partial charge in [-0.2, -0.15) is 0 Å². The van der Waals surface area contributed by atoms with E-state index >= 15 is 0 Å². The molecule has 0 aromatic carbocycles. The van der Waals surface area contributed by atoms with Crippen LogP contribution in [0.4, 0.5) is 0 Å². The smallest absolute Gasteiger partial charge is 0.330 e. The van der Waals surface area contributed by atoms with Crippen molar-refractivity contribution < 1.29 is 14.3 Å². The van der Waals surface area contributed by atoms with Crippen LogP contribution in [-0.2, 0) is 14.3 Å². The van der Waals surface area contributed by atoms with E-state index < -0.39 is 0 Å². The lowest BCUT2D eigenvalue weighted by Gasteiger charge is -2.32. The lowest BCUT2D eigenvalue weighted by molar-refractivity contribution is -0.147. The van der Waals surface area contributed by atoms with E-state index in [1.165, 1.54) is 6.08 Å². The Morgan fingerprint density at radius 1 is 1.38 bits per heavy atom. The molecule has 0 radical (unpaired) electrons. The second-order valence-electron chi connectivity index (χ2n) is 4.32. The lowest BCUT2D eigenvalue weighted by atomic mass is 10.1. The van der Waals surface area contributed by atoms with Crippen LogP contribution in [0.2, 0.25) is 0 Å². The van der Waals surface area contributed by atoms with Gasteiger partial charge in [0.2, 0.25) is 5.91 Å². The molecule has 0 N–H and O–H groups in total. The molecule has 1 amide bonds. The largest absolute Gasteiger partial charge is 0.459 e. The first-order chi connectivity index (χ1) is 7.54. The lowest BCUT2D eigenvalue weighted by Crippen LogP contribution is -2.43. The molecule has 0 bridgehead atoms. The molecule has 1 fully saturated rings. The summed E-state index contributed by atoms with van der Waals surface area (Å²) in [6.45, 7) is 8.49. The minimum Gasteiger partial charge on any atom is -0.459 e. The summed E-state index contributed by atoms with van der Waals surface area (Å²) >= 11 is 0. The molecule has 1 heterocycles. The number of hydrogen-bond donors (Lipinski definition) is 0. The fraction of sp³-hybridized carbons (Fsp3) is 0.667. The molecule has 1 rings (SSSR count). The maximum Gasteiger partial charge on any atom is 0.330 e. The first-order valence-electron chi connectivity index (χ1n) is 5.66. The third kappa shape index (κ3) is 3.36. The van der Waals surface area contributed by atoms with Gasteiger partial charge in [0.05, 0.1) is 0 Å². The van der Waals surface area contributed by atoms with Crippen LogP contribution in [0.25, 0.3) is 0 Å². The van der Waals surface area contributed by atoms with Crippen molar-refractivity contribution in [1.82, 2.24) is 4.90 Å². The number of esters is 1. The van der Waals surface area contributed by atoms with Crippen LogP contribution >= 0.6 is 0 Å². The number of ether oxygens (including phenoxy) is 1. The van der Waals surface area contributed by atoms with Crippen molar-refractivity contribution >= 4 is 11.9 Å². The molecule has 0 atom stereocenters. The van der Waals surface area contributed by atoms with E-state index in [4.69, 9.17) is 4.74 Å². The second-order valence-corrected chi connectivity index (χ2v) is 4.32. The molecule has 0 saturated carbocycles. The first kappa shape index (κ1) is 12.7. The van der Waals surface area contributed by atoms with Gasteiger partial charge in [-0.05, 0) is 0 Å². The van der Waals surface area contributed by atoms with Gasteiger partial charge in [-0.15, -0.1) is 0 Å². The Morgan fingerprint density at radius 2 is 1.94 bits per heavy atom. The first-order valence-corrected chi connectivity index (χ1v) is 5.66. The Balaban J connectivity index is 2.36. The Kier molecular flexibility index (Phi) is 4.52. The monoisotopic (exact) mass is 225 g/mol. The fourth-order valence-corrected chi connectivity index (χ4v) is 1.77. The molecule has 4 heteroatoms. The summed E-state index contributed by atoms with van der Waals surface area (Å²) in [6, 6.07) is 0. The van der Waals surface area contributed by atoms with E-state index in [2.05, 4.69) is 6.58 Å². The molecule has 90 valence electrons. The molecule has 0 aromatic heterocycles. The number of likely N-dealkylation sites (tertiary alicyclic amines) is 1. The highest BCUT2D eigenvalue weighted by atomic mass is 16.5. The number of rotatable bonds is 3. The van der Waals surface area contributed by atoms with Crippen molar-refractivity contribution in [2.75, 3.05) is 13.1 Å². The summed E-state index contributed by atoms with van der Waals surface area (Å²) in [4.78, 5) is 24.5. The van der Waals surface area contributed by atoms with Gasteiger partial charge in [0.1, 0.15) is 6.10 Å². The number of hydrogen-bond acceptors (Lipinski definition) is 3. The summed E-state index contributed by atoms with van der Waals surface area (Å²) in [6.07, 6.45) is 2.54. The molecule has 0 aliphatic carbocycles. The summed E-state index contributed by atoms with van der Waals surface area (Å²) < 4.78 is 5.13. The molecular formula is C12H19NO3. The quantitative estimate of drug-likeness (QED) is 0.538.